The van der Waals surface area contributed by atoms with Crippen LogP contribution in [0.1, 0.15) is 12.8 Å². The fraction of sp³-hybridized carbons (Fsp3) is 0.455. The summed E-state index contributed by atoms with van der Waals surface area (Å²) >= 11 is 1.25. The molecule has 0 aromatic heterocycles. The van der Waals surface area contributed by atoms with E-state index >= 15 is 0 Å². The summed E-state index contributed by atoms with van der Waals surface area (Å²) in [7, 11) is 0. The first-order valence-electron chi connectivity index (χ1n) is 4.88. The van der Waals surface area contributed by atoms with Gasteiger partial charge in [-0.1, -0.05) is 18.2 Å². The third-order valence-electron chi connectivity index (χ3n) is 2.38. The van der Waals surface area contributed by atoms with Crippen LogP contribution < -0.4 is 0 Å². The van der Waals surface area contributed by atoms with Crippen LogP contribution in [0, 0.1) is 5.92 Å². The maximum absolute atomic E-state index is 12.5. The van der Waals surface area contributed by atoms with Gasteiger partial charge in [0.1, 0.15) is 0 Å². The summed E-state index contributed by atoms with van der Waals surface area (Å²) in [6.45, 7) is 0.412. The van der Waals surface area contributed by atoms with Crippen LogP contribution in [0.4, 0.5) is 8.78 Å². The second-order valence-corrected chi connectivity index (χ2v) is 4.68. The summed E-state index contributed by atoms with van der Waals surface area (Å²) in [6, 6.07) is 9.63. The molecule has 1 saturated carbocycles. The monoisotopic (exact) mass is 230 g/mol. The zero-order chi connectivity index (χ0) is 10.7. The van der Waals surface area contributed by atoms with Crippen molar-refractivity contribution >= 4 is 12.0 Å². The van der Waals surface area contributed by atoms with Gasteiger partial charge in [-0.3, -0.25) is 0 Å². The molecule has 0 saturated heterocycles. The highest BCUT2D eigenvalue weighted by Crippen LogP contribution is 2.42. The van der Waals surface area contributed by atoms with Crippen LogP contribution in [0.3, 0.4) is 0 Å². The number of hydrogen-bond donors (Lipinski definition) is 0. The molecule has 0 aliphatic heterocycles. The van der Waals surface area contributed by atoms with Crippen LogP contribution in [0.25, 0.3) is 0 Å². The zero-order valence-electron chi connectivity index (χ0n) is 8.16. The van der Waals surface area contributed by atoms with Crippen molar-refractivity contribution in [2.45, 2.75) is 23.7 Å². The summed E-state index contributed by atoms with van der Waals surface area (Å²) in [4.78, 5) is 1.00. The van der Waals surface area contributed by atoms with E-state index in [1.165, 1.54) is 12.0 Å². The van der Waals surface area contributed by atoms with Crippen molar-refractivity contribution in [3.63, 3.8) is 0 Å². The van der Waals surface area contributed by atoms with Crippen LogP contribution >= 0.6 is 12.0 Å². The summed E-state index contributed by atoms with van der Waals surface area (Å²) in [5.74, 6) is -2.41. The van der Waals surface area contributed by atoms with Gasteiger partial charge in [0.25, 0.3) is 0 Å². The first-order chi connectivity index (χ1) is 7.16. The van der Waals surface area contributed by atoms with E-state index in [9.17, 15) is 8.78 Å². The molecule has 0 bridgehead atoms. The highest BCUT2D eigenvalue weighted by atomic mass is 32.2. The quantitative estimate of drug-likeness (QED) is 0.728. The molecule has 2 rings (SSSR count). The largest absolute Gasteiger partial charge is 0.310 e. The average Bonchev–Trinajstić information content (AvgIpc) is 2.16. The van der Waals surface area contributed by atoms with Crippen LogP contribution in [0.5, 0.6) is 0 Å². The van der Waals surface area contributed by atoms with Gasteiger partial charge in [-0.05, 0) is 18.1 Å². The van der Waals surface area contributed by atoms with Crippen molar-refractivity contribution in [2.75, 3.05) is 6.61 Å². The predicted molar refractivity (Wildman–Crippen MR) is 55.9 cm³/mol. The Morgan fingerprint density at radius 1 is 1.27 bits per heavy atom. The lowest BCUT2D eigenvalue weighted by Crippen LogP contribution is -2.37. The van der Waals surface area contributed by atoms with Crippen molar-refractivity contribution in [1.82, 2.24) is 0 Å². The Balaban J connectivity index is 1.64. The number of halogens is 2. The molecule has 15 heavy (non-hydrogen) atoms. The maximum atomic E-state index is 12.5. The molecule has 4 heteroatoms. The molecule has 1 nitrogen and oxygen atoms in total. The van der Waals surface area contributed by atoms with Gasteiger partial charge in [-0.15, -0.1) is 0 Å². The lowest BCUT2D eigenvalue weighted by atomic mass is 9.82. The highest BCUT2D eigenvalue weighted by Gasteiger charge is 2.45. The molecule has 1 aliphatic rings. The van der Waals surface area contributed by atoms with E-state index < -0.39 is 5.92 Å². The number of alkyl halides is 2. The molecule has 0 radical (unpaired) electrons. The summed E-state index contributed by atoms with van der Waals surface area (Å²) < 4.78 is 30.3. The van der Waals surface area contributed by atoms with Crippen LogP contribution in [-0.4, -0.2) is 12.5 Å². The van der Waals surface area contributed by atoms with Crippen molar-refractivity contribution in [1.29, 1.82) is 0 Å². The molecular formula is C11H12F2OS. The number of benzene rings is 1. The van der Waals surface area contributed by atoms with Crippen molar-refractivity contribution in [3.8, 4) is 0 Å². The molecular weight excluding hydrogens is 218 g/mol. The van der Waals surface area contributed by atoms with Gasteiger partial charge < -0.3 is 4.18 Å². The SMILES string of the molecule is FC1(F)CC(COSc2ccccc2)C1. The van der Waals surface area contributed by atoms with E-state index in [1.807, 2.05) is 30.3 Å². The smallest absolute Gasteiger partial charge is 0.248 e. The van der Waals surface area contributed by atoms with Crippen molar-refractivity contribution in [3.05, 3.63) is 30.3 Å². The Kier molecular flexibility index (Phi) is 3.26. The molecule has 1 aromatic carbocycles. The maximum Gasteiger partial charge on any atom is 0.248 e. The van der Waals surface area contributed by atoms with Crippen LogP contribution in [0.15, 0.2) is 35.2 Å². The Labute approximate surface area is 92.0 Å². The molecule has 1 aromatic rings. The molecule has 0 atom stereocenters. The predicted octanol–water partition coefficient (Wildman–Crippen LogP) is 3.76. The van der Waals surface area contributed by atoms with E-state index in [0.29, 0.717) is 6.61 Å². The Bertz CT molecular complexity index is 308. The summed E-state index contributed by atoms with van der Waals surface area (Å²) in [6.07, 6.45) is -0.0509. The van der Waals surface area contributed by atoms with Crippen LogP contribution in [0.2, 0.25) is 0 Å². The lowest BCUT2D eigenvalue weighted by Gasteiger charge is -2.34. The Morgan fingerprint density at radius 2 is 1.93 bits per heavy atom. The number of hydrogen-bond acceptors (Lipinski definition) is 2. The van der Waals surface area contributed by atoms with Gasteiger partial charge in [0, 0.05) is 29.8 Å². The van der Waals surface area contributed by atoms with Gasteiger partial charge in [-0.2, -0.15) is 0 Å². The second-order valence-electron chi connectivity index (χ2n) is 3.81. The fourth-order valence-electron chi connectivity index (χ4n) is 1.58. The van der Waals surface area contributed by atoms with Gasteiger partial charge in [0.2, 0.25) is 5.92 Å². The standard InChI is InChI=1S/C11H12F2OS/c12-11(13)6-9(7-11)8-14-15-10-4-2-1-3-5-10/h1-5,9H,6-8H2. The summed E-state index contributed by atoms with van der Waals surface area (Å²) in [5.41, 5.74) is 0. The molecule has 0 heterocycles. The highest BCUT2D eigenvalue weighted by molar-refractivity contribution is 7.94. The minimum Gasteiger partial charge on any atom is -0.310 e. The topological polar surface area (TPSA) is 9.23 Å². The normalized spacial score (nSPS) is 19.9. The Morgan fingerprint density at radius 3 is 2.53 bits per heavy atom. The third-order valence-corrected chi connectivity index (χ3v) is 3.10. The first-order valence-corrected chi connectivity index (χ1v) is 5.62. The number of rotatable bonds is 4. The van der Waals surface area contributed by atoms with E-state index in [4.69, 9.17) is 4.18 Å². The molecule has 1 fully saturated rings. The van der Waals surface area contributed by atoms with Crippen molar-refractivity contribution < 1.29 is 13.0 Å². The minimum absolute atomic E-state index is 0.0243. The van der Waals surface area contributed by atoms with Crippen molar-refractivity contribution in [2.24, 2.45) is 5.92 Å². The Hall–Kier alpha value is -0.610. The fourth-order valence-corrected chi connectivity index (χ4v) is 2.24. The average molecular weight is 230 g/mol. The van der Waals surface area contributed by atoms with Crippen LogP contribution in [-0.2, 0) is 4.18 Å². The zero-order valence-corrected chi connectivity index (χ0v) is 8.97. The van der Waals surface area contributed by atoms with E-state index in [2.05, 4.69) is 0 Å². The van der Waals surface area contributed by atoms with E-state index in [-0.39, 0.29) is 18.8 Å². The van der Waals surface area contributed by atoms with Gasteiger partial charge >= 0.3 is 0 Å². The lowest BCUT2D eigenvalue weighted by molar-refractivity contribution is -0.117. The van der Waals surface area contributed by atoms with E-state index in [1.54, 1.807) is 0 Å². The third kappa shape index (κ3) is 3.18. The molecule has 0 unspecified atom stereocenters. The molecule has 82 valence electrons. The van der Waals surface area contributed by atoms with Gasteiger partial charge in [-0.25, -0.2) is 8.78 Å². The van der Waals surface area contributed by atoms with Gasteiger partial charge in [0.05, 0.1) is 6.61 Å². The summed E-state index contributed by atoms with van der Waals surface area (Å²) in [5, 5.41) is 0. The molecule has 0 spiro atoms. The van der Waals surface area contributed by atoms with Gasteiger partial charge in [0.15, 0.2) is 0 Å². The molecule has 0 N–H and O–H groups in total. The molecule has 0 amide bonds. The minimum atomic E-state index is -2.44. The van der Waals surface area contributed by atoms with E-state index in [0.717, 1.165) is 4.90 Å². The second kappa shape index (κ2) is 4.49. The first kappa shape index (κ1) is 10.9. The molecule has 1 aliphatic carbocycles.